The molecule has 5 nitrogen and oxygen atoms in total. The molecule has 0 bridgehead atoms. The maximum Gasteiger partial charge on any atom is 0.312 e. The Morgan fingerprint density at radius 1 is 0.914 bits per heavy atom. The van der Waals surface area contributed by atoms with E-state index in [9.17, 15) is 25.2 Å². The van der Waals surface area contributed by atoms with Crippen molar-refractivity contribution < 1.29 is 25.2 Å². The first-order valence-corrected chi connectivity index (χ1v) is 14.0. The number of hydrogen-bond acceptors (Lipinski definition) is 4. The first-order valence-electron chi connectivity index (χ1n) is 14.0. The largest absolute Gasteiger partial charge is 0.481 e. The van der Waals surface area contributed by atoms with Gasteiger partial charge in [-0.2, -0.15) is 0 Å². The smallest absolute Gasteiger partial charge is 0.312 e. The molecule has 35 heavy (non-hydrogen) atoms. The van der Waals surface area contributed by atoms with Gasteiger partial charge in [0.1, 0.15) is 5.41 Å². The topological polar surface area (TPSA) is 98.0 Å². The van der Waals surface area contributed by atoms with Gasteiger partial charge in [-0.05, 0) is 97.2 Å². The van der Waals surface area contributed by atoms with Crippen LogP contribution >= 0.6 is 0 Å². The molecule has 5 aliphatic carbocycles. The second kappa shape index (κ2) is 7.57. The average molecular weight is 489 g/mol. The molecule has 0 aromatic heterocycles. The lowest BCUT2D eigenvalue weighted by Crippen LogP contribution is -2.69. The Kier molecular flexibility index (Phi) is 5.56. The molecule has 0 spiro atoms. The van der Waals surface area contributed by atoms with Crippen molar-refractivity contribution in [1.29, 1.82) is 0 Å². The Balaban J connectivity index is 1.66. The van der Waals surface area contributed by atoms with E-state index in [1.165, 1.54) is 0 Å². The summed E-state index contributed by atoms with van der Waals surface area (Å²) >= 11 is 0. The number of aliphatic hydroxyl groups is 3. The summed E-state index contributed by atoms with van der Waals surface area (Å²) < 4.78 is 0. The van der Waals surface area contributed by atoms with Crippen molar-refractivity contribution in [3.8, 4) is 0 Å². The standard InChI is InChI=1S/C30H48O5/c1-25(2)13-14-30(24(34)35)19(15-25)18-7-8-21-27(5)11-10-22(32)26(3,4)20(27)9-12-28(21,6)29(18,17-31)16-23(30)33/h7,19-23,31-33H,8-17H2,1-6H3,(H,34,35)/t19-,20?,21-,22+,23+,27+,28-,29+,30-/m1/s1. The second-order valence-corrected chi connectivity index (χ2v) is 15.1. The first kappa shape index (κ1) is 25.7. The van der Waals surface area contributed by atoms with Gasteiger partial charge in [-0.1, -0.05) is 53.2 Å². The molecule has 0 aromatic rings. The minimum Gasteiger partial charge on any atom is -0.481 e. The van der Waals surface area contributed by atoms with Crippen molar-refractivity contribution in [1.82, 2.24) is 0 Å². The maximum absolute atomic E-state index is 12.8. The highest BCUT2D eigenvalue weighted by molar-refractivity contribution is 5.77. The van der Waals surface area contributed by atoms with Gasteiger partial charge in [0.15, 0.2) is 0 Å². The number of fused-ring (bicyclic) bond motifs is 7. The van der Waals surface area contributed by atoms with Crippen LogP contribution < -0.4 is 0 Å². The van der Waals surface area contributed by atoms with Gasteiger partial charge < -0.3 is 20.4 Å². The third-order valence-corrected chi connectivity index (χ3v) is 13.0. The van der Waals surface area contributed by atoms with Crippen LogP contribution in [0, 0.1) is 50.2 Å². The Labute approximate surface area is 211 Å². The van der Waals surface area contributed by atoms with E-state index in [2.05, 4.69) is 47.6 Å². The quantitative estimate of drug-likeness (QED) is 0.402. The lowest BCUT2D eigenvalue weighted by molar-refractivity contribution is -0.228. The van der Waals surface area contributed by atoms with Crippen molar-refractivity contribution in [3.63, 3.8) is 0 Å². The number of allylic oxidation sites excluding steroid dienone is 1. The van der Waals surface area contributed by atoms with Gasteiger partial charge in [0.05, 0.1) is 18.8 Å². The van der Waals surface area contributed by atoms with Crippen LogP contribution in [0.5, 0.6) is 0 Å². The van der Waals surface area contributed by atoms with E-state index in [0.717, 1.165) is 50.5 Å². The van der Waals surface area contributed by atoms with Crippen LogP contribution in [0.25, 0.3) is 0 Å². The first-order chi connectivity index (χ1) is 16.1. The predicted molar refractivity (Wildman–Crippen MR) is 135 cm³/mol. The van der Waals surface area contributed by atoms with Crippen LogP contribution in [0.3, 0.4) is 0 Å². The van der Waals surface area contributed by atoms with Crippen molar-refractivity contribution in [2.75, 3.05) is 6.61 Å². The van der Waals surface area contributed by atoms with Crippen molar-refractivity contribution in [2.24, 2.45) is 50.2 Å². The Bertz CT molecular complexity index is 937. The van der Waals surface area contributed by atoms with Gasteiger partial charge >= 0.3 is 5.97 Å². The highest BCUT2D eigenvalue weighted by atomic mass is 16.4. The van der Waals surface area contributed by atoms with Crippen LogP contribution in [0.4, 0.5) is 0 Å². The lowest BCUT2D eigenvalue weighted by Gasteiger charge is -2.71. The highest BCUT2D eigenvalue weighted by Gasteiger charge is 2.72. The van der Waals surface area contributed by atoms with Crippen LogP contribution in [-0.4, -0.2) is 45.2 Å². The van der Waals surface area contributed by atoms with Crippen molar-refractivity contribution in [3.05, 3.63) is 11.6 Å². The van der Waals surface area contributed by atoms with E-state index in [4.69, 9.17) is 0 Å². The number of carboxylic acids is 1. The van der Waals surface area contributed by atoms with Crippen LogP contribution in [0.2, 0.25) is 0 Å². The molecule has 1 unspecified atom stereocenters. The summed E-state index contributed by atoms with van der Waals surface area (Å²) in [6, 6.07) is 0. The number of carboxylic acid groups (broad SMARTS) is 1. The molecule has 5 aliphatic rings. The summed E-state index contributed by atoms with van der Waals surface area (Å²) in [5, 5.41) is 44.3. The van der Waals surface area contributed by atoms with E-state index < -0.39 is 22.9 Å². The molecule has 9 atom stereocenters. The molecule has 0 aliphatic heterocycles. The summed E-state index contributed by atoms with van der Waals surface area (Å²) in [5.41, 5.74) is -0.935. The fourth-order valence-electron chi connectivity index (χ4n) is 10.8. The summed E-state index contributed by atoms with van der Waals surface area (Å²) in [5.74, 6) is -0.378. The Morgan fingerprint density at radius 2 is 1.60 bits per heavy atom. The zero-order chi connectivity index (χ0) is 25.8. The molecule has 0 saturated heterocycles. The van der Waals surface area contributed by atoms with Gasteiger partial charge in [-0.15, -0.1) is 0 Å². The van der Waals surface area contributed by atoms with Crippen LogP contribution in [-0.2, 0) is 4.79 Å². The predicted octanol–water partition coefficient (Wildman–Crippen LogP) is 5.18. The monoisotopic (exact) mass is 488 g/mol. The third kappa shape index (κ3) is 3.01. The summed E-state index contributed by atoms with van der Waals surface area (Å²) in [4.78, 5) is 12.8. The number of carbonyl (C=O) groups is 1. The number of hydrogen-bond donors (Lipinski definition) is 4. The zero-order valence-corrected chi connectivity index (χ0v) is 22.7. The molecule has 0 radical (unpaired) electrons. The van der Waals surface area contributed by atoms with Crippen LogP contribution in [0.15, 0.2) is 11.6 Å². The third-order valence-electron chi connectivity index (χ3n) is 13.0. The minimum absolute atomic E-state index is 0.00758. The SMILES string of the molecule is CC1(C)CC[C@@]2(C(=O)O)[C@H](C1)C1=CC[C@@H]3[C@@]4(C)CC[C@H](O)C(C)(C)C4CC[C@@]3(C)[C@]1(CO)C[C@@H]2O. The van der Waals surface area contributed by atoms with Gasteiger partial charge in [-0.3, -0.25) is 4.79 Å². The molecule has 4 saturated carbocycles. The minimum atomic E-state index is -1.15. The second-order valence-electron chi connectivity index (χ2n) is 15.1. The van der Waals surface area contributed by atoms with Gasteiger partial charge in [0.25, 0.3) is 0 Å². The normalized spacial score (nSPS) is 52.3. The van der Waals surface area contributed by atoms with Gasteiger partial charge in [0, 0.05) is 5.41 Å². The average Bonchev–Trinajstić information content (AvgIpc) is 2.76. The maximum atomic E-state index is 12.8. The number of aliphatic hydroxyl groups excluding tert-OH is 3. The van der Waals surface area contributed by atoms with Crippen molar-refractivity contribution >= 4 is 5.97 Å². The molecule has 0 aromatic carbocycles. The van der Waals surface area contributed by atoms with Crippen molar-refractivity contribution in [2.45, 2.75) is 112 Å². The summed E-state index contributed by atoms with van der Waals surface area (Å²) in [6.07, 6.45) is 8.05. The van der Waals surface area contributed by atoms with E-state index in [-0.39, 0.29) is 40.3 Å². The fraction of sp³-hybridized carbons (Fsp3) is 0.900. The molecule has 5 heteroatoms. The Hall–Kier alpha value is -0.910. The molecular formula is C30H48O5. The molecule has 4 N–H and O–H groups in total. The summed E-state index contributed by atoms with van der Waals surface area (Å²) in [7, 11) is 0. The molecular weight excluding hydrogens is 440 g/mol. The van der Waals surface area contributed by atoms with E-state index >= 15 is 0 Å². The van der Waals surface area contributed by atoms with E-state index in [0.29, 0.717) is 24.7 Å². The fourth-order valence-corrected chi connectivity index (χ4v) is 10.8. The molecule has 0 amide bonds. The number of aliphatic carboxylic acids is 1. The van der Waals surface area contributed by atoms with Gasteiger partial charge in [-0.25, -0.2) is 0 Å². The van der Waals surface area contributed by atoms with E-state index in [1.54, 1.807) is 0 Å². The Morgan fingerprint density at radius 3 is 2.23 bits per heavy atom. The molecule has 0 heterocycles. The number of rotatable bonds is 2. The molecule has 5 rings (SSSR count). The lowest BCUT2D eigenvalue weighted by atomic mass is 9.33. The van der Waals surface area contributed by atoms with Gasteiger partial charge in [0.2, 0.25) is 0 Å². The highest BCUT2D eigenvalue weighted by Crippen LogP contribution is 2.75. The van der Waals surface area contributed by atoms with E-state index in [1.807, 2.05) is 0 Å². The zero-order valence-electron chi connectivity index (χ0n) is 22.7. The molecule has 4 fully saturated rings. The van der Waals surface area contributed by atoms with Crippen LogP contribution in [0.1, 0.15) is 99.3 Å². The molecule has 198 valence electrons. The summed E-state index contributed by atoms with van der Waals surface area (Å²) in [6.45, 7) is 13.6.